The van der Waals surface area contributed by atoms with E-state index in [0.29, 0.717) is 18.5 Å². The van der Waals surface area contributed by atoms with E-state index in [1.165, 1.54) is 0 Å². The van der Waals surface area contributed by atoms with Gasteiger partial charge in [0.2, 0.25) is 0 Å². The minimum absolute atomic E-state index is 0.0861. The highest BCUT2D eigenvalue weighted by atomic mass is 16.5. The zero-order valence-corrected chi connectivity index (χ0v) is 15.0. The number of nitrogens with zero attached hydrogens (tertiary/aromatic N) is 4. The first-order chi connectivity index (χ1) is 12.1. The van der Waals surface area contributed by atoms with Gasteiger partial charge in [0.15, 0.2) is 0 Å². The number of ether oxygens (including phenoxy) is 1. The number of carbonyl (C=O) groups excluding carboxylic acids is 1. The molecule has 0 unspecified atom stereocenters. The maximum Gasteiger partial charge on any atom is 0.253 e. The Bertz CT molecular complexity index is 743. The Labute approximate surface area is 147 Å². The molecule has 1 N–H and O–H groups in total. The molecule has 0 spiro atoms. The second kappa shape index (κ2) is 7.74. The average molecular weight is 343 g/mol. The first-order valence-electron chi connectivity index (χ1n) is 8.80. The van der Waals surface area contributed by atoms with E-state index in [9.17, 15) is 4.79 Å². The molecule has 3 rings (SSSR count). The van der Waals surface area contributed by atoms with E-state index in [1.807, 2.05) is 31.7 Å². The van der Waals surface area contributed by atoms with Crippen LogP contribution in [0.5, 0.6) is 0 Å². The molecule has 1 saturated heterocycles. The van der Waals surface area contributed by atoms with Crippen molar-refractivity contribution in [1.29, 1.82) is 0 Å². The number of nitrogens with one attached hydrogen (secondary N) is 1. The lowest BCUT2D eigenvalue weighted by Gasteiger charge is -2.31. The number of amides is 1. The van der Waals surface area contributed by atoms with Crippen LogP contribution in [0.4, 0.5) is 0 Å². The average Bonchev–Trinajstić information content (AvgIpc) is 3.05. The van der Waals surface area contributed by atoms with Gasteiger partial charge in [0.05, 0.1) is 17.0 Å². The predicted molar refractivity (Wildman–Crippen MR) is 93.1 cm³/mol. The summed E-state index contributed by atoms with van der Waals surface area (Å²) in [5, 5.41) is 11.2. The molecule has 1 fully saturated rings. The molecule has 2 atom stereocenters. The van der Waals surface area contributed by atoms with Crippen molar-refractivity contribution in [3.63, 3.8) is 0 Å². The fourth-order valence-electron chi connectivity index (χ4n) is 3.28. The van der Waals surface area contributed by atoms with Crippen LogP contribution in [0, 0.1) is 12.8 Å². The molecular formula is C18H25N5O2. The Balaban J connectivity index is 1.70. The van der Waals surface area contributed by atoms with Crippen LogP contribution in [-0.2, 0) is 18.2 Å². The highest BCUT2D eigenvalue weighted by molar-refractivity contribution is 5.95. The van der Waals surface area contributed by atoms with Crippen LogP contribution in [0.3, 0.4) is 0 Å². The number of aromatic nitrogens is 4. The molecule has 7 heteroatoms. The number of carbonyl (C=O) groups is 1. The van der Waals surface area contributed by atoms with E-state index in [1.54, 1.807) is 12.3 Å². The van der Waals surface area contributed by atoms with Crippen LogP contribution >= 0.6 is 0 Å². The molecule has 0 aromatic carbocycles. The van der Waals surface area contributed by atoms with Gasteiger partial charge >= 0.3 is 0 Å². The lowest BCUT2D eigenvalue weighted by Crippen LogP contribution is -2.36. The maximum atomic E-state index is 12.6. The molecule has 1 amide bonds. The number of hydrogen-bond donors (Lipinski definition) is 1. The van der Waals surface area contributed by atoms with Crippen molar-refractivity contribution >= 4 is 5.91 Å². The molecule has 1 aliphatic heterocycles. The molecular weight excluding hydrogens is 318 g/mol. The highest BCUT2D eigenvalue weighted by Gasteiger charge is 2.30. The molecule has 0 bridgehead atoms. The normalized spacial score (nSPS) is 20.4. The van der Waals surface area contributed by atoms with Crippen LogP contribution in [0.15, 0.2) is 18.5 Å². The molecule has 1 aliphatic rings. The number of aryl methyl sites for hydroxylation is 3. The van der Waals surface area contributed by atoms with Gasteiger partial charge in [-0.05, 0) is 32.3 Å². The Hall–Kier alpha value is -2.28. The lowest BCUT2D eigenvalue weighted by molar-refractivity contribution is -0.0337. The summed E-state index contributed by atoms with van der Waals surface area (Å²) in [5.41, 5.74) is 2.08. The number of rotatable bonds is 5. The molecule has 2 aromatic heterocycles. The summed E-state index contributed by atoms with van der Waals surface area (Å²) >= 11 is 0. The van der Waals surface area contributed by atoms with Crippen LogP contribution in [0.1, 0.15) is 53.4 Å². The summed E-state index contributed by atoms with van der Waals surface area (Å²) in [7, 11) is 1.97. The summed E-state index contributed by atoms with van der Waals surface area (Å²) < 4.78 is 7.94. The Morgan fingerprint density at radius 1 is 1.44 bits per heavy atom. The van der Waals surface area contributed by atoms with Gasteiger partial charge in [-0.3, -0.25) is 4.79 Å². The zero-order chi connectivity index (χ0) is 17.8. The third kappa shape index (κ3) is 3.87. The SMILES string of the molecule is CCc1nnc(C)cc1C(=O)NC[C@@H]1CCCO[C@H]1c1nccn1C. The largest absolute Gasteiger partial charge is 0.370 e. The van der Waals surface area contributed by atoms with Crippen LogP contribution in [-0.4, -0.2) is 38.8 Å². The summed E-state index contributed by atoms with van der Waals surface area (Å²) in [5.74, 6) is 1.02. The highest BCUT2D eigenvalue weighted by Crippen LogP contribution is 2.32. The molecule has 0 aliphatic carbocycles. The van der Waals surface area contributed by atoms with E-state index >= 15 is 0 Å². The lowest BCUT2D eigenvalue weighted by atomic mass is 9.93. The third-order valence-electron chi connectivity index (χ3n) is 4.65. The molecule has 25 heavy (non-hydrogen) atoms. The van der Waals surface area contributed by atoms with E-state index in [2.05, 4.69) is 20.5 Å². The van der Waals surface area contributed by atoms with Crippen molar-refractivity contribution < 1.29 is 9.53 Å². The van der Waals surface area contributed by atoms with Crippen LogP contribution in [0.2, 0.25) is 0 Å². The molecule has 134 valence electrons. The van der Waals surface area contributed by atoms with Crippen molar-refractivity contribution in [2.24, 2.45) is 13.0 Å². The summed E-state index contributed by atoms with van der Waals surface area (Å²) in [4.78, 5) is 17.1. The van der Waals surface area contributed by atoms with E-state index in [0.717, 1.165) is 36.7 Å². The van der Waals surface area contributed by atoms with Crippen molar-refractivity contribution in [1.82, 2.24) is 25.1 Å². The van der Waals surface area contributed by atoms with Gasteiger partial charge in [-0.1, -0.05) is 6.92 Å². The van der Waals surface area contributed by atoms with Gasteiger partial charge < -0.3 is 14.6 Å². The van der Waals surface area contributed by atoms with Gasteiger partial charge in [0, 0.05) is 38.5 Å². The third-order valence-corrected chi connectivity index (χ3v) is 4.65. The Morgan fingerprint density at radius 3 is 3.00 bits per heavy atom. The zero-order valence-electron chi connectivity index (χ0n) is 15.0. The molecule has 2 aromatic rings. The first kappa shape index (κ1) is 17.5. The minimum Gasteiger partial charge on any atom is -0.370 e. The monoisotopic (exact) mass is 343 g/mol. The summed E-state index contributed by atoms with van der Waals surface area (Å²) in [6, 6.07) is 1.80. The fourth-order valence-corrected chi connectivity index (χ4v) is 3.28. The topological polar surface area (TPSA) is 81.9 Å². The van der Waals surface area contributed by atoms with Gasteiger partial charge in [0.1, 0.15) is 11.9 Å². The van der Waals surface area contributed by atoms with E-state index in [-0.39, 0.29) is 17.9 Å². The molecule has 7 nitrogen and oxygen atoms in total. The smallest absolute Gasteiger partial charge is 0.253 e. The quantitative estimate of drug-likeness (QED) is 0.898. The molecule has 3 heterocycles. The molecule has 0 saturated carbocycles. The predicted octanol–water partition coefficient (Wildman–Crippen LogP) is 1.98. The molecule has 0 radical (unpaired) electrons. The van der Waals surface area contributed by atoms with Crippen molar-refractivity contribution in [3.8, 4) is 0 Å². The van der Waals surface area contributed by atoms with Crippen LogP contribution < -0.4 is 5.32 Å². The van der Waals surface area contributed by atoms with Crippen LogP contribution in [0.25, 0.3) is 0 Å². The standard InChI is InChI=1S/C18H25N5O2/c1-4-15-14(10-12(2)21-22-15)18(24)20-11-13-6-5-9-25-16(13)17-19-7-8-23(17)3/h7-8,10,13,16H,4-6,9,11H2,1-3H3,(H,20,24)/t13-,16+/m0/s1. The van der Waals surface area contributed by atoms with Gasteiger partial charge in [-0.2, -0.15) is 10.2 Å². The summed E-state index contributed by atoms with van der Waals surface area (Å²) in [6.07, 6.45) is 6.29. The van der Waals surface area contributed by atoms with E-state index < -0.39 is 0 Å². The van der Waals surface area contributed by atoms with E-state index in [4.69, 9.17) is 4.74 Å². The minimum atomic E-state index is -0.0981. The van der Waals surface area contributed by atoms with Crippen molar-refractivity contribution in [2.75, 3.05) is 13.2 Å². The van der Waals surface area contributed by atoms with Gasteiger partial charge in [-0.15, -0.1) is 0 Å². The Kier molecular flexibility index (Phi) is 5.43. The summed E-state index contributed by atoms with van der Waals surface area (Å²) in [6.45, 7) is 5.10. The number of hydrogen-bond acceptors (Lipinski definition) is 5. The Morgan fingerprint density at radius 2 is 2.28 bits per heavy atom. The second-order valence-electron chi connectivity index (χ2n) is 6.50. The first-order valence-corrected chi connectivity index (χ1v) is 8.80. The fraction of sp³-hybridized carbons (Fsp3) is 0.556. The van der Waals surface area contributed by atoms with Gasteiger partial charge in [-0.25, -0.2) is 4.98 Å². The maximum absolute atomic E-state index is 12.6. The second-order valence-corrected chi connectivity index (χ2v) is 6.50. The van der Waals surface area contributed by atoms with Crippen molar-refractivity contribution in [2.45, 2.75) is 39.2 Å². The van der Waals surface area contributed by atoms with Gasteiger partial charge in [0.25, 0.3) is 5.91 Å². The van der Waals surface area contributed by atoms with Crippen molar-refractivity contribution in [3.05, 3.63) is 41.2 Å². The number of imidazole rings is 1.